The quantitative estimate of drug-likeness (QED) is 0.877. The normalized spacial score (nSPS) is 10.3. The van der Waals surface area contributed by atoms with Crippen molar-refractivity contribution in [1.29, 1.82) is 0 Å². The first-order chi connectivity index (χ1) is 11.0. The number of aryl methyl sites for hydroxylation is 3. The zero-order valence-electron chi connectivity index (χ0n) is 14.2. The fourth-order valence-electron chi connectivity index (χ4n) is 2.52. The summed E-state index contributed by atoms with van der Waals surface area (Å²) in [6, 6.07) is 11.8. The molecule has 0 atom stereocenters. The molecule has 0 bridgehead atoms. The first kappa shape index (κ1) is 16.9. The Hall–Kier alpha value is -2.49. The second kappa shape index (κ2) is 7.68. The number of hydrogen-bond acceptors (Lipinski definition) is 2. The van der Waals surface area contributed by atoms with Crippen molar-refractivity contribution in [2.45, 2.75) is 27.2 Å². The number of amides is 2. The third-order valence-corrected chi connectivity index (χ3v) is 3.78. The van der Waals surface area contributed by atoms with E-state index in [9.17, 15) is 4.79 Å². The van der Waals surface area contributed by atoms with E-state index in [-0.39, 0.29) is 6.03 Å². The lowest BCUT2D eigenvalue weighted by Crippen LogP contribution is -2.30. The Bertz CT molecular complexity index is 696. The number of methoxy groups -OCH3 is 1. The van der Waals surface area contributed by atoms with Crippen LogP contribution in [0.2, 0.25) is 0 Å². The van der Waals surface area contributed by atoms with Crippen molar-refractivity contribution in [3.63, 3.8) is 0 Å². The molecule has 0 aliphatic carbocycles. The minimum absolute atomic E-state index is 0.223. The van der Waals surface area contributed by atoms with E-state index in [0.29, 0.717) is 18.0 Å². The lowest BCUT2D eigenvalue weighted by atomic mass is 10.0. The van der Waals surface area contributed by atoms with Crippen molar-refractivity contribution in [3.05, 3.63) is 58.7 Å². The highest BCUT2D eigenvalue weighted by molar-refractivity contribution is 5.91. The monoisotopic (exact) mass is 312 g/mol. The molecule has 0 aromatic heterocycles. The van der Waals surface area contributed by atoms with Crippen LogP contribution in [0.15, 0.2) is 36.4 Å². The molecule has 2 aromatic rings. The van der Waals surface area contributed by atoms with Crippen LogP contribution in [0, 0.1) is 20.8 Å². The number of hydrogen-bond donors (Lipinski definition) is 2. The largest absolute Gasteiger partial charge is 0.495 e. The Morgan fingerprint density at radius 3 is 2.43 bits per heavy atom. The number of ether oxygens (including phenoxy) is 1. The Balaban J connectivity index is 1.89. The van der Waals surface area contributed by atoms with Crippen molar-refractivity contribution >= 4 is 11.7 Å². The Kier molecular flexibility index (Phi) is 5.63. The maximum atomic E-state index is 12.0. The van der Waals surface area contributed by atoms with E-state index in [1.807, 2.05) is 25.1 Å². The molecule has 122 valence electrons. The number of rotatable bonds is 5. The van der Waals surface area contributed by atoms with Crippen LogP contribution in [0.3, 0.4) is 0 Å². The molecule has 2 aromatic carbocycles. The van der Waals surface area contributed by atoms with Gasteiger partial charge in [0.25, 0.3) is 0 Å². The van der Waals surface area contributed by atoms with Crippen LogP contribution in [0.5, 0.6) is 5.75 Å². The Labute approximate surface area is 137 Å². The predicted molar refractivity (Wildman–Crippen MR) is 94.4 cm³/mol. The maximum absolute atomic E-state index is 12.0. The number of nitrogens with one attached hydrogen (secondary N) is 2. The van der Waals surface area contributed by atoms with Crippen LogP contribution in [0.25, 0.3) is 0 Å². The molecule has 0 unspecified atom stereocenters. The van der Waals surface area contributed by atoms with Crippen LogP contribution >= 0.6 is 0 Å². The highest BCUT2D eigenvalue weighted by Crippen LogP contribution is 2.24. The second-order valence-electron chi connectivity index (χ2n) is 5.76. The van der Waals surface area contributed by atoms with Crippen molar-refractivity contribution in [2.75, 3.05) is 19.0 Å². The van der Waals surface area contributed by atoms with Crippen molar-refractivity contribution in [2.24, 2.45) is 0 Å². The summed E-state index contributed by atoms with van der Waals surface area (Å²) < 4.78 is 5.26. The predicted octanol–water partition coefficient (Wildman–Crippen LogP) is 3.98. The van der Waals surface area contributed by atoms with E-state index in [1.54, 1.807) is 7.11 Å². The third-order valence-electron chi connectivity index (χ3n) is 3.78. The van der Waals surface area contributed by atoms with Crippen molar-refractivity contribution < 1.29 is 9.53 Å². The van der Waals surface area contributed by atoms with Gasteiger partial charge in [0.2, 0.25) is 0 Å². The van der Waals surface area contributed by atoms with E-state index in [1.165, 1.54) is 16.7 Å². The first-order valence-corrected chi connectivity index (χ1v) is 7.75. The number of anilines is 1. The highest BCUT2D eigenvalue weighted by Gasteiger charge is 2.07. The van der Waals surface area contributed by atoms with E-state index in [0.717, 1.165) is 12.0 Å². The van der Waals surface area contributed by atoms with Gasteiger partial charge in [-0.3, -0.25) is 0 Å². The van der Waals surface area contributed by atoms with E-state index in [4.69, 9.17) is 4.74 Å². The molecule has 0 heterocycles. The summed E-state index contributed by atoms with van der Waals surface area (Å²) in [5, 5.41) is 5.72. The smallest absolute Gasteiger partial charge is 0.319 e. The average Bonchev–Trinajstić information content (AvgIpc) is 2.50. The van der Waals surface area contributed by atoms with Gasteiger partial charge < -0.3 is 15.4 Å². The number of carbonyl (C=O) groups is 1. The Morgan fingerprint density at radius 1 is 1.04 bits per heavy atom. The molecule has 0 aliphatic heterocycles. The Morgan fingerprint density at radius 2 is 1.74 bits per heavy atom. The van der Waals surface area contributed by atoms with Gasteiger partial charge in [-0.15, -0.1) is 0 Å². The highest BCUT2D eigenvalue weighted by atomic mass is 16.5. The van der Waals surface area contributed by atoms with E-state index >= 15 is 0 Å². The number of carbonyl (C=O) groups excluding carboxylic acids is 1. The summed E-state index contributed by atoms with van der Waals surface area (Å²) in [5.41, 5.74) is 5.51. The molecule has 2 amide bonds. The van der Waals surface area contributed by atoms with E-state index in [2.05, 4.69) is 42.7 Å². The molecule has 0 aliphatic rings. The number of urea groups is 1. The van der Waals surface area contributed by atoms with Gasteiger partial charge in [0.05, 0.1) is 12.8 Å². The molecule has 0 saturated carbocycles. The zero-order valence-corrected chi connectivity index (χ0v) is 14.2. The van der Waals surface area contributed by atoms with Gasteiger partial charge in [-0.1, -0.05) is 29.8 Å². The van der Waals surface area contributed by atoms with Crippen LogP contribution in [0.1, 0.15) is 22.3 Å². The summed E-state index contributed by atoms with van der Waals surface area (Å²) in [6.07, 6.45) is 0.810. The molecular weight excluding hydrogens is 288 g/mol. The summed E-state index contributed by atoms with van der Waals surface area (Å²) in [5.74, 6) is 0.653. The molecule has 2 rings (SSSR count). The SMILES string of the molecule is COc1ccc(C)cc1NC(=O)NCCc1ccc(C)cc1C. The molecular formula is C19H24N2O2. The van der Waals surface area contributed by atoms with Gasteiger partial charge >= 0.3 is 6.03 Å². The van der Waals surface area contributed by atoms with E-state index < -0.39 is 0 Å². The molecule has 2 N–H and O–H groups in total. The summed E-state index contributed by atoms with van der Waals surface area (Å²) in [7, 11) is 1.59. The molecule has 0 radical (unpaired) electrons. The number of benzene rings is 2. The zero-order chi connectivity index (χ0) is 16.8. The van der Waals surface area contributed by atoms with Crippen LogP contribution in [0.4, 0.5) is 10.5 Å². The fourth-order valence-corrected chi connectivity index (χ4v) is 2.52. The van der Waals surface area contributed by atoms with Gasteiger partial charge in [0.15, 0.2) is 0 Å². The molecule has 4 heteroatoms. The van der Waals surface area contributed by atoms with Gasteiger partial charge in [0.1, 0.15) is 5.75 Å². The topological polar surface area (TPSA) is 50.4 Å². The molecule has 0 spiro atoms. The van der Waals surface area contributed by atoms with Gasteiger partial charge in [-0.2, -0.15) is 0 Å². The first-order valence-electron chi connectivity index (χ1n) is 7.75. The van der Waals surface area contributed by atoms with Gasteiger partial charge in [-0.25, -0.2) is 4.79 Å². The minimum atomic E-state index is -0.223. The molecule has 0 saturated heterocycles. The second-order valence-corrected chi connectivity index (χ2v) is 5.76. The van der Waals surface area contributed by atoms with Crippen molar-refractivity contribution in [3.8, 4) is 5.75 Å². The summed E-state index contributed by atoms with van der Waals surface area (Å²) in [4.78, 5) is 12.0. The fraction of sp³-hybridized carbons (Fsp3) is 0.316. The summed E-state index contributed by atoms with van der Waals surface area (Å²) in [6.45, 7) is 6.74. The third kappa shape index (κ3) is 4.74. The van der Waals surface area contributed by atoms with Crippen molar-refractivity contribution in [1.82, 2.24) is 5.32 Å². The maximum Gasteiger partial charge on any atom is 0.319 e. The minimum Gasteiger partial charge on any atom is -0.495 e. The lowest BCUT2D eigenvalue weighted by molar-refractivity contribution is 0.252. The van der Waals surface area contributed by atoms with Crippen LogP contribution < -0.4 is 15.4 Å². The molecule has 0 fully saturated rings. The van der Waals surface area contributed by atoms with Gasteiger partial charge in [-0.05, 0) is 56.0 Å². The lowest BCUT2D eigenvalue weighted by Gasteiger charge is -2.12. The molecule has 4 nitrogen and oxygen atoms in total. The average molecular weight is 312 g/mol. The summed E-state index contributed by atoms with van der Waals surface area (Å²) >= 11 is 0. The van der Waals surface area contributed by atoms with Crippen LogP contribution in [-0.4, -0.2) is 19.7 Å². The standard InChI is InChI=1S/C19H24N2O2/c1-13-5-7-16(15(3)11-13)9-10-20-19(22)21-17-12-14(2)6-8-18(17)23-4/h5-8,11-12H,9-10H2,1-4H3,(H2,20,21,22). The van der Waals surface area contributed by atoms with Gasteiger partial charge in [0, 0.05) is 6.54 Å². The molecule has 23 heavy (non-hydrogen) atoms. The van der Waals surface area contributed by atoms with Crippen LogP contribution in [-0.2, 0) is 6.42 Å².